The van der Waals surface area contributed by atoms with Crippen LogP contribution in [0.1, 0.15) is 0 Å². The van der Waals surface area contributed by atoms with Crippen LogP contribution in [0, 0.1) is 0 Å². The van der Waals surface area contributed by atoms with Gasteiger partial charge in [-0.15, -0.1) is 0 Å². The van der Waals surface area contributed by atoms with Crippen LogP contribution in [0.15, 0.2) is 211 Å². The Morgan fingerprint density at radius 1 is 0.333 bits per heavy atom. The normalized spacial score (nSPS) is 11.7. The van der Waals surface area contributed by atoms with E-state index >= 15 is 0 Å². The first-order valence-electron chi connectivity index (χ1n) is 20.2. The number of hydrogen-bond donors (Lipinski definition) is 0. The van der Waals surface area contributed by atoms with Crippen molar-refractivity contribution in [2.45, 2.75) is 0 Å². The zero-order valence-corrected chi connectivity index (χ0v) is 32.3. The first-order chi connectivity index (χ1) is 29.8. The summed E-state index contributed by atoms with van der Waals surface area (Å²) >= 11 is 0. The summed E-state index contributed by atoms with van der Waals surface area (Å²) in [5, 5.41) is 6.76. The Kier molecular flexibility index (Phi) is 7.78. The minimum atomic E-state index is 0.589. The molecule has 5 heteroatoms. The largest absolute Gasteiger partial charge is 0.454 e. The Balaban J connectivity index is 1.15. The molecule has 280 valence electrons. The Morgan fingerprint density at radius 2 is 0.900 bits per heavy atom. The van der Waals surface area contributed by atoms with Gasteiger partial charge >= 0.3 is 0 Å². The van der Waals surface area contributed by atoms with Gasteiger partial charge in [-0.2, -0.15) is 0 Å². The highest BCUT2D eigenvalue weighted by molar-refractivity contribution is 6.25. The molecule has 9 aromatic carbocycles. The van der Waals surface area contributed by atoms with Gasteiger partial charge in [-0.05, 0) is 63.4 Å². The molecule has 0 fully saturated rings. The van der Waals surface area contributed by atoms with Gasteiger partial charge in [-0.3, -0.25) is 0 Å². The fourth-order valence-corrected chi connectivity index (χ4v) is 8.93. The molecule has 0 aliphatic heterocycles. The van der Waals surface area contributed by atoms with Crippen molar-refractivity contribution in [3.8, 4) is 62.1 Å². The smallest absolute Gasteiger partial charge is 0.164 e. The number of furan rings is 1. The van der Waals surface area contributed by atoms with Crippen molar-refractivity contribution in [1.82, 2.24) is 19.5 Å². The number of nitrogens with zero attached hydrogens (tertiary/aromatic N) is 4. The third-order valence-corrected chi connectivity index (χ3v) is 11.6. The molecule has 0 N–H and O–H groups in total. The average Bonchev–Trinajstić information content (AvgIpc) is 3.88. The van der Waals surface area contributed by atoms with Crippen LogP contribution in [-0.2, 0) is 0 Å². The third-order valence-electron chi connectivity index (χ3n) is 11.6. The van der Waals surface area contributed by atoms with Crippen LogP contribution in [0.4, 0.5) is 0 Å². The van der Waals surface area contributed by atoms with Crippen LogP contribution < -0.4 is 0 Å². The molecular weight excluding hydrogens is 733 g/mol. The van der Waals surface area contributed by atoms with E-state index in [1.807, 2.05) is 72.8 Å². The second kappa shape index (κ2) is 13.8. The summed E-state index contributed by atoms with van der Waals surface area (Å²) in [5.41, 5.74) is 12.2. The van der Waals surface area contributed by atoms with E-state index < -0.39 is 0 Å². The molecule has 3 aromatic heterocycles. The third kappa shape index (κ3) is 5.44. The topological polar surface area (TPSA) is 56.7 Å². The monoisotopic (exact) mass is 766 g/mol. The van der Waals surface area contributed by atoms with E-state index in [9.17, 15) is 0 Å². The second-order valence-electron chi connectivity index (χ2n) is 15.1. The molecule has 60 heavy (non-hydrogen) atoms. The van der Waals surface area contributed by atoms with Crippen LogP contribution >= 0.6 is 0 Å². The first-order valence-corrected chi connectivity index (χ1v) is 20.2. The lowest BCUT2D eigenvalue weighted by Gasteiger charge is -2.12. The molecule has 5 nitrogen and oxygen atoms in total. The summed E-state index contributed by atoms with van der Waals surface area (Å²) in [6.07, 6.45) is 0. The van der Waals surface area contributed by atoms with E-state index in [0.717, 1.165) is 55.3 Å². The molecule has 0 saturated heterocycles. The van der Waals surface area contributed by atoms with Gasteiger partial charge < -0.3 is 8.98 Å². The van der Waals surface area contributed by atoms with Gasteiger partial charge in [0.05, 0.1) is 16.7 Å². The molecule has 12 aromatic rings. The molecule has 3 heterocycles. The number of benzene rings is 9. The quantitative estimate of drug-likeness (QED) is 0.169. The Labute approximate surface area is 345 Å². The minimum Gasteiger partial charge on any atom is -0.454 e. The molecule has 0 bridgehead atoms. The first kappa shape index (κ1) is 33.9. The lowest BCUT2D eigenvalue weighted by Crippen LogP contribution is -2.00. The Hall–Kier alpha value is -8.15. The number of hydrogen-bond acceptors (Lipinski definition) is 4. The molecular formula is C55H34N4O. The van der Waals surface area contributed by atoms with Crippen molar-refractivity contribution in [2.75, 3.05) is 0 Å². The lowest BCUT2D eigenvalue weighted by atomic mass is 9.94. The van der Waals surface area contributed by atoms with E-state index in [2.05, 4.69) is 138 Å². The van der Waals surface area contributed by atoms with Crippen LogP contribution in [0.25, 0.3) is 117 Å². The van der Waals surface area contributed by atoms with Crippen molar-refractivity contribution in [3.05, 3.63) is 206 Å². The molecule has 0 radical (unpaired) electrons. The zero-order chi connectivity index (χ0) is 39.6. The highest BCUT2D eigenvalue weighted by Gasteiger charge is 2.23. The van der Waals surface area contributed by atoms with Crippen molar-refractivity contribution in [3.63, 3.8) is 0 Å². The molecule has 0 saturated carbocycles. The predicted octanol–water partition coefficient (Wildman–Crippen LogP) is 14.4. The highest BCUT2D eigenvalue weighted by Crippen LogP contribution is 2.45. The van der Waals surface area contributed by atoms with E-state index in [-0.39, 0.29) is 0 Å². The Morgan fingerprint density at radius 3 is 1.58 bits per heavy atom. The van der Waals surface area contributed by atoms with Gasteiger partial charge in [0.25, 0.3) is 0 Å². The summed E-state index contributed by atoms with van der Waals surface area (Å²) in [5.74, 6) is 1.82. The van der Waals surface area contributed by atoms with E-state index in [0.29, 0.717) is 17.5 Å². The fraction of sp³-hybridized carbons (Fsp3) is 0. The SMILES string of the molecule is c1ccc(-c2ccc3c(c2)c2c4ccccc4c(-c4ccccc4)cc2n3-c2cccc3c2oc2cccc(-c4nc(-c5ccccc5)nc(-c5ccccc5)n4)c23)cc1. The average molecular weight is 767 g/mol. The summed E-state index contributed by atoms with van der Waals surface area (Å²) in [4.78, 5) is 15.2. The zero-order valence-electron chi connectivity index (χ0n) is 32.3. The summed E-state index contributed by atoms with van der Waals surface area (Å²) in [6.45, 7) is 0. The molecule has 0 atom stereocenters. The van der Waals surface area contributed by atoms with Crippen molar-refractivity contribution in [2.24, 2.45) is 0 Å². The fourth-order valence-electron chi connectivity index (χ4n) is 8.93. The summed E-state index contributed by atoms with van der Waals surface area (Å²) in [7, 11) is 0. The van der Waals surface area contributed by atoms with E-state index in [1.54, 1.807) is 0 Å². The van der Waals surface area contributed by atoms with Crippen LogP contribution in [0.5, 0.6) is 0 Å². The lowest BCUT2D eigenvalue weighted by molar-refractivity contribution is 0.666. The van der Waals surface area contributed by atoms with Gasteiger partial charge in [0, 0.05) is 38.2 Å². The highest BCUT2D eigenvalue weighted by atomic mass is 16.3. The van der Waals surface area contributed by atoms with Crippen LogP contribution in [0.2, 0.25) is 0 Å². The predicted molar refractivity (Wildman–Crippen MR) is 246 cm³/mol. The molecule has 0 aliphatic rings. The van der Waals surface area contributed by atoms with Gasteiger partial charge in [-0.25, -0.2) is 15.0 Å². The maximum absolute atomic E-state index is 7.00. The maximum atomic E-state index is 7.00. The minimum absolute atomic E-state index is 0.589. The maximum Gasteiger partial charge on any atom is 0.164 e. The van der Waals surface area contributed by atoms with Gasteiger partial charge in [0.2, 0.25) is 0 Å². The van der Waals surface area contributed by atoms with Crippen molar-refractivity contribution < 1.29 is 4.42 Å². The molecule has 0 unspecified atom stereocenters. The van der Waals surface area contributed by atoms with E-state index in [1.165, 1.54) is 43.8 Å². The molecule has 0 spiro atoms. The second-order valence-corrected chi connectivity index (χ2v) is 15.1. The van der Waals surface area contributed by atoms with Crippen molar-refractivity contribution in [1.29, 1.82) is 0 Å². The van der Waals surface area contributed by atoms with Gasteiger partial charge in [0.15, 0.2) is 23.1 Å². The van der Waals surface area contributed by atoms with Crippen molar-refractivity contribution >= 4 is 54.5 Å². The summed E-state index contributed by atoms with van der Waals surface area (Å²) in [6, 6.07) is 72.1. The van der Waals surface area contributed by atoms with Gasteiger partial charge in [-0.1, -0.05) is 176 Å². The number of aromatic nitrogens is 4. The molecule has 0 aliphatic carbocycles. The molecule has 12 rings (SSSR count). The number of rotatable bonds is 6. The Bertz CT molecular complexity index is 3520. The van der Waals surface area contributed by atoms with E-state index in [4.69, 9.17) is 19.4 Å². The molecule has 0 amide bonds. The van der Waals surface area contributed by atoms with Crippen LogP contribution in [-0.4, -0.2) is 19.5 Å². The number of para-hydroxylation sites is 1. The van der Waals surface area contributed by atoms with Crippen LogP contribution in [0.3, 0.4) is 0 Å². The summed E-state index contributed by atoms with van der Waals surface area (Å²) < 4.78 is 9.40. The standard InChI is InChI=1S/C55H34N4O/c1-5-17-35(18-6-1)39-31-32-46-45(33-39)50-41-26-14-13-25-40(41)44(36-19-7-2-8-20-36)34-48(50)59(46)47-29-15-27-42-51-43(28-16-30-49(51)60-52(42)47)55-57-53(37-21-9-3-10-22-37)56-54(58-55)38-23-11-4-12-24-38/h1-34H. The van der Waals surface area contributed by atoms with Gasteiger partial charge in [0.1, 0.15) is 5.58 Å². The number of fused-ring (bicyclic) bond motifs is 8.